The van der Waals surface area contributed by atoms with Crippen molar-refractivity contribution in [2.45, 2.75) is 25.6 Å². The molecule has 2 saturated heterocycles. The molecule has 4 rings (SSSR count). The summed E-state index contributed by atoms with van der Waals surface area (Å²) in [5.41, 5.74) is 9.15. The minimum Gasteiger partial charge on any atom is -0.397 e. The summed E-state index contributed by atoms with van der Waals surface area (Å²) in [6.07, 6.45) is 2.01. The Morgan fingerprint density at radius 1 is 1.33 bits per heavy atom. The van der Waals surface area contributed by atoms with Crippen LogP contribution < -0.4 is 10.6 Å². The summed E-state index contributed by atoms with van der Waals surface area (Å²) >= 11 is 1.68. The van der Waals surface area contributed by atoms with Crippen molar-refractivity contribution in [3.05, 3.63) is 17.1 Å². The van der Waals surface area contributed by atoms with Crippen LogP contribution in [-0.4, -0.2) is 37.1 Å². The molecule has 0 atom stereocenters. The van der Waals surface area contributed by atoms with Gasteiger partial charge in [0.1, 0.15) is 0 Å². The number of thiazole rings is 1. The van der Waals surface area contributed by atoms with Crippen LogP contribution in [0.2, 0.25) is 0 Å². The first-order valence-electron chi connectivity index (χ1n) is 7.35. The number of hydrogen-bond acceptors (Lipinski definition) is 6. The summed E-state index contributed by atoms with van der Waals surface area (Å²) in [5.74, 6) is -0.433. The lowest BCUT2D eigenvalue weighted by Crippen LogP contribution is -2.49. The van der Waals surface area contributed by atoms with Gasteiger partial charge in [0.05, 0.1) is 46.4 Å². The van der Waals surface area contributed by atoms with E-state index in [0.717, 1.165) is 52.5 Å². The van der Waals surface area contributed by atoms with Crippen LogP contribution in [0.1, 0.15) is 17.8 Å². The Labute approximate surface area is 127 Å². The summed E-state index contributed by atoms with van der Waals surface area (Å²) in [6, 6.07) is 4.13. The zero-order valence-corrected chi connectivity index (χ0v) is 12.9. The average Bonchev–Trinajstić information content (AvgIpc) is 3.04. The molecule has 0 unspecified atom stereocenters. The van der Waals surface area contributed by atoms with Crippen LogP contribution in [0.3, 0.4) is 0 Å². The minimum atomic E-state index is -0.433. The van der Waals surface area contributed by atoms with E-state index < -0.39 is 5.79 Å². The lowest BCUT2D eigenvalue weighted by Gasteiger charge is -2.40. The van der Waals surface area contributed by atoms with Gasteiger partial charge < -0.3 is 20.1 Å². The van der Waals surface area contributed by atoms with Crippen LogP contribution in [-0.2, 0) is 9.47 Å². The highest BCUT2D eigenvalue weighted by molar-refractivity contribution is 7.18. The summed E-state index contributed by atoms with van der Waals surface area (Å²) < 4.78 is 12.8. The number of anilines is 2. The molecule has 2 N–H and O–H groups in total. The zero-order chi connectivity index (χ0) is 14.4. The van der Waals surface area contributed by atoms with Gasteiger partial charge in [0, 0.05) is 13.0 Å². The van der Waals surface area contributed by atoms with Crippen molar-refractivity contribution >= 4 is 32.9 Å². The molecule has 1 spiro atoms. The van der Waals surface area contributed by atoms with Crippen LogP contribution in [0.4, 0.5) is 11.4 Å². The molecule has 2 fully saturated rings. The monoisotopic (exact) mass is 305 g/mol. The van der Waals surface area contributed by atoms with E-state index in [1.807, 2.05) is 13.0 Å². The standard InChI is InChI=1S/C15H19N3O2S/c1-10-17-12-8-13(11(16)7-14(12)21-10)18-4-2-3-15(9-18)19-5-6-20-15/h7-8H,2-6,9,16H2,1H3. The van der Waals surface area contributed by atoms with E-state index in [4.69, 9.17) is 15.2 Å². The third-order valence-corrected chi connectivity index (χ3v) is 5.15. The van der Waals surface area contributed by atoms with Gasteiger partial charge in [-0.3, -0.25) is 0 Å². The number of ether oxygens (including phenoxy) is 2. The number of nitrogens with zero attached hydrogens (tertiary/aromatic N) is 2. The molecule has 0 bridgehead atoms. The minimum absolute atomic E-state index is 0.433. The largest absolute Gasteiger partial charge is 0.397 e. The van der Waals surface area contributed by atoms with E-state index in [1.54, 1.807) is 11.3 Å². The van der Waals surface area contributed by atoms with Crippen molar-refractivity contribution in [1.29, 1.82) is 0 Å². The van der Waals surface area contributed by atoms with Gasteiger partial charge >= 0.3 is 0 Å². The van der Waals surface area contributed by atoms with Gasteiger partial charge in [0.15, 0.2) is 5.79 Å². The molecule has 6 heteroatoms. The molecule has 2 aromatic rings. The number of hydrogen-bond donors (Lipinski definition) is 1. The molecule has 5 nitrogen and oxygen atoms in total. The third-order valence-electron chi connectivity index (χ3n) is 4.22. The molecule has 112 valence electrons. The maximum absolute atomic E-state index is 6.27. The summed E-state index contributed by atoms with van der Waals surface area (Å²) in [7, 11) is 0. The van der Waals surface area contributed by atoms with Gasteiger partial charge in [-0.1, -0.05) is 0 Å². The first kappa shape index (κ1) is 13.3. The normalized spacial score (nSPS) is 21.5. The number of fused-ring (bicyclic) bond motifs is 1. The number of nitrogen functional groups attached to an aromatic ring is 1. The molecular weight excluding hydrogens is 286 g/mol. The fourth-order valence-electron chi connectivity index (χ4n) is 3.29. The van der Waals surface area contributed by atoms with Gasteiger partial charge in [-0.25, -0.2) is 4.98 Å². The van der Waals surface area contributed by atoms with Crippen LogP contribution in [0.15, 0.2) is 12.1 Å². The second-order valence-electron chi connectivity index (χ2n) is 5.74. The first-order chi connectivity index (χ1) is 10.2. The Morgan fingerprint density at radius 3 is 2.95 bits per heavy atom. The Hall–Kier alpha value is -1.37. The Bertz CT molecular complexity index is 679. The first-order valence-corrected chi connectivity index (χ1v) is 8.16. The van der Waals surface area contributed by atoms with E-state index >= 15 is 0 Å². The molecule has 0 amide bonds. The lowest BCUT2D eigenvalue weighted by molar-refractivity contribution is -0.161. The highest BCUT2D eigenvalue weighted by Gasteiger charge is 2.41. The predicted molar refractivity (Wildman–Crippen MR) is 84.9 cm³/mol. The molecule has 2 aliphatic rings. The van der Waals surface area contributed by atoms with Gasteiger partial charge in [-0.15, -0.1) is 11.3 Å². The number of nitrogens with two attached hydrogens (primary N) is 1. The second kappa shape index (κ2) is 4.83. The summed E-state index contributed by atoms with van der Waals surface area (Å²) in [4.78, 5) is 6.85. The maximum atomic E-state index is 6.27. The molecule has 1 aromatic heterocycles. The van der Waals surface area contributed by atoms with Crippen LogP contribution in [0, 0.1) is 6.92 Å². The smallest absolute Gasteiger partial charge is 0.186 e. The molecule has 21 heavy (non-hydrogen) atoms. The van der Waals surface area contributed by atoms with Crippen LogP contribution in [0.25, 0.3) is 10.2 Å². The van der Waals surface area contributed by atoms with Crippen molar-refractivity contribution in [3.8, 4) is 0 Å². The van der Waals surface area contributed by atoms with Crippen molar-refractivity contribution in [3.63, 3.8) is 0 Å². The summed E-state index contributed by atoms with van der Waals surface area (Å²) in [5, 5.41) is 1.07. The molecule has 0 radical (unpaired) electrons. The Balaban J connectivity index is 1.70. The van der Waals surface area contributed by atoms with Crippen LogP contribution in [0.5, 0.6) is 0 Å². The number of piperidine rings is 1. The lowest BCUT2D eigenvalue weighted by atomic mass is 10.0. The number of benzene rings is 1. The molecule has 3 heterocycles. The molecular formula is C15H19N3O2S. The number of rotatable bonds is 1. The third kappa shape index (κ3) is 2.27. The second-order valence-corrected chi connectivity index (χ2v) is 6.98. The van der Waals surface area contributed by atoms with Gasteiger partial charge in [-0.2, -0.15) is 0 Å². The number of aromatic nitrogens is 1. The highest BCUT2D eigenvalue weighted by Crippen LogP contribution is 2.37. The summed E-state index contributed by atoms with van der Waals surface area (Å²) in [6.45, 7) is 5.12. The molecule has 0 saturated carbocycles. The predicted octanol–water partition coefficient (Wildman–Crippen LogP) is 2.53. The topological polar surface area (TPSA) is 60.6 Å². The van der Waals surface area contributed by atoms with E-state index in [2.05, 4.69) is 16.0 Å². The maximum Gasteiger partial charge on any atom is 0.186 e. The van der Waals surface area contributed by atoms with Crippen molar-refractivity contribution in [2.75, 3.05) is 36.9 Å². The van der Waals surface area contributed by atoms with E-state index in [-0.39, 0.29) is 0 Å². The Morgan fingerprint density at radius 2 is 2.14 bits per heavy atom. The quantitative estimate of drug-likeness (QED) is 0.820. The SMILES string of the molecule is Cc1nc2cc(N3CCCC4(C3)OCCO4)c(N)cc2s1. The fraction of sp³-hybridized carbons (Fsp3) is 0.533. The van der Waals surface area contributed by atoms with Gasteiger partial charge in [0.25, 0.3) is 0 Å². The zero-order valence-electron chi connectivity index (χ0n) is 12.1. The van der Waals surface area contributed by atoms with Crippen molar-refractivity contribution < 1.29 is 9.47 Å². The van der Waals surface area contributed by atoms with Crippen LogP contribution >= 0.6 is 11.3 Å². The Kier molecular flexibility index (Phi) is 3.06. The van der Waals surface area contributed by atoms with Crippen molar-refractivity contribution in [2.24, 2.45) is 0 Å². The van der Waals surface area contributed by atoms with E-state index in [9.17, 15) is 0 Å². The van der Waals surface area contributed by atoms with E-state index in [0.29, 0.717) is 13.2 Å². The number of aryl methyl sites for hydroxylation is 1. The highest BCUT2D eigenvalue weighted by atomic mass is 32.1. The van der Waals surface area contributed by atoms with Gasteiger partial charge in [-0.05, 0) is 25.5 Å². The van der Waals surface area contributed by atoms with Gasteiger partial charge in [0.2, 0.25) is 0 Å². The van der Waals surface area contributed by atoms with E-state index in [1.165, 1.54) is 0 Å². The molecule has 2 aliphatic heterocycles. The average molecular weight is 305 g/mol. The molecule has 1 aromatic carbocycles. The van der Waals surface area contributed by atoms with Crippen molar-refractivity contribution in [1.82, 2.24) is 4.98 Å². The fourth-order valence-corrected chi connectivity index (χ4v) is 4.15. The molecule has 0 aliphatic carbocycles.